The Bertz CT molecular complexity index is 3470. The molecule has 0 amide bonds. The first-order valence-electron chi connectivity index (χ1n) is 26.1. The largest absolute Gasteiger partial charge is 0.335 e. The van der Waals surface area contributed by atoms with Crippen LogP contribution in [0.25, 0.3) is 22.3 Å². The van der Waals surface area contributed by atoms with Crippen LogP contribution in [0.5, 0.6) is 0 Å². The van der Waals surface area contributed by atoms with Crippen LogP contribution in [0, 0.1) is 0 Å². The molecule has 0 aromatic heterocycles. The normalized spacial score (nSPS) is 24.3. The van der Waals surface area contributed by atoms with Crippen LogP contribution in [-0.2, 0) is 22.8 Å². The fourth-order valence-electron chi connectivity index (χ4n) is 15.1. The number of anilines is 7. The quantitative estimate of drug-likeness (QED) is 0.159. The molecule has 3 nitrogen and oxygen atoms in total. The summed E-state index contributed by atoms with van der Waals surface area (Å²) in [5.41, 5.74) is 24.0. The van der Waals surface area contributed by atoms with Crippen molar-refractivity contribution in [3.05, 3.63) is 198 Å². The predicted molar refractivity (Wildman–Crippen MR) is 300 cm³/mol. The SMILES string of the molecule is CC12CCCCC1(C)N1c3cc(N4c5ccccc5C5(C)CCc6ccccc6C45C)cc4c3B(c3cc(-c5ccccc5)ccc3N4c3ccc(-c4ccccc4)cc3)c3cc([Si](C)(C)C)cc2c31. The van der Waals surface area contributed by atoms with Crippen molar-refractivity contribution < 1.29 is 0 Å². The van der Waals surface area contributed by atoms with E-state index in [-0.39, 0.29) is 28.6 Å². The van der Waals surface area contributed by atoms with Gasteiger partial charge in [-0.1, -0.05) is 191 Å². The molecule has 14 rings (SSSR count). The van der Waals surface area contributed by atoms with Crippen LogP contribution in [0.15, 0.2) is 176 Å². The molecule has 4 atom stereocenters. The Balaban J connectivity index is 1.11. The number of hydrogen-bond acceptors (Lipinski definition) is 3. The summed E-state index contributed by atoms with van der Waals surface area (Å²) in [5.74, 6) is 0. The molecule has 70 heavy (non-hydrogen) atoms. The maximum atomic E-state index is 2.95. The van der Waals surface area contributed by atoms with Crippen molar-refractivity contribution in [3.63, 3.8) is 0 Å². The first kappa shape index (κ1) is 42.3. The molecule has 0 N–H and O–H groups in total. The van der Waals surface area contributed by atoms with Gasteiger partial charge in [0.1, 0.15) is 0 Å². The topological polar surface area (TPSA) is 9.72 Å². The van der Waals surface area contributed by atoms with Gasteiger partial charge < -0.3 is 14.7 Å². The second-order valence-corrected chi connectivity index (χ2v) is 28.6. The van der Waals surface area contributed by atoms with Gasteiger partial charge in [-0.15, -0.1) is 0 Å². The van der Waals surface area contributed by atoms with E-state index in [9.17, 15) is 0 Å². The summed E-state index contributed by atoms with van der Waals surface area (Å²) in [6.45, 7) is 18.1. The van der Waals surface area contributed by atoms with E-state index in [1.165, 1.54) is 121 Å². The minimum Gasteiger partial charge on any atom is -0.335 e. The summed E-state index contributed by atoms with van der Waals surface area (Å²) in [5, 5.41) is 1.58. The maximum absolute atomic E-state index is 2.95. The number of hydrogen-bond donors (Lipinski definition) is 0. The average Bonchev–Trinajstić information content (AvgIpc) is 3.74. The molecular weight excluding hydrogens is 862 g/mol. The molecule has 0 radical (unpaired) electrons. The average molecular weight is 924 g/mol. The molecule has 2 aliphatic carbocycles. The Hall–Kier alpha value is -6.56. The van der Waals surface area contributed by atoms with E-state index in [0.717, 1.165) is 12.8 Å². The Morgan fingerprint density at radius 2 is 1.09 bits per heavy atom. The minimum absolute atomic E-state index is 0.00382. The van der Waals surface area contributed by atoms with E-state index in [0.29, 0.717) is 0 Å². The van der Waals surface area contributed by atoms with Gasteiger partial charge >= 0.3 is 0 Å². The lowest BCUT2D eigenvalue weighted by Crippen LogP contribution is -2.65. The van der Waals surface area contributed by atoms with E-state index < -0.39 is 8.07 Å². The van der Waals surface area contributed by atoms with E-state index in [1.54, 1.807) is 10.8 Å². The first-order chi connectivity index (χ1) is 33.8. The van der Waals surface area contributed by atoms with Crippen LogP contribution in [0.4, 0.5) is 39.8 Å². The monoisotopic (exact) mass is 923 g/mol. The zero-order chi connectivity index (χ0) is 47.5. The summed E-state index contributed by atoms with van der Waals surface area (Å²) >= 11 is 0. The van der Waals surface area contributed by atoms with Crippen LogP contribution < -0.4 is 36.3 Å². The summed E-state index contributed by atoms with van der Waals surface area (Å²) in [6, 6.07) is 68.3. The standard InChI is InChI=1S/C65H62BN3Si/c1-62-35-18-19-36-64(62,3)69-59-40-49(68-56-27-17-16-26-52(56)63(2)37-34-46-24-14-15-25-51(46)65(63,68)4)39-58-60(59)66(55-42-50(70(5,6)7)41-53(62)61(55)69)54-38-47(44-22-12-9-13-23-44)30-33-57(54)67(58)48-31-28-45(29-32-48)43-20-10-8-11-21-43/h8-17,20-33,38-42H,18-19,34-37H2,1-7H3. The smallest absolute Gasteiger partial charge is 0.252 e. The zero-order valence-electron chi connectivity index (χ0n) is 41.9. The molecule has 5 heteroatoms. The van der Waals surface area contributed by atoms with Crippen LogP contribution in [0.3, 0.4) is 0 Å². The molecule has 1 saturated carbocycles. The summed E-state index contributed by atoms with van der Waals surface area (Å²) < 4.78 is 0. The molecule has 4 aliphatic heterocycles. The fourth-order valence-corrected chi connectivity index (χ4v) is 16.3. The van der Waals surface area contributed by atoms with Gasteiger partial charge in [-0.3, -0.25) is 0 Å². The molecule has 4 unspecified atom stereocenters. The van der Waals surface area contributed by atoms with E-state index >= 15 is 0 Å². The predicted octanol–water partition coefficient (Wildman–Crippen LogP) is 14.2. The summed E-state index contributed by atoms with van der Waals surface area (Å²) in [6.07, 6.45) is 7.07. The fraction of sp³-hybridized carbons (Fsp3) is 0.262. The molecule has 0 bridgehead atoms. The Morgan fingerprint density at radius 1 is 0.457 bits per heavy atom. The Kier molecular flexibility index (Phi) is 8.78. The lowest BCUT2D eigenvalue weighted by Gasteiger charge is -2.54. The molecule has 6 aliphatic rings. The number of fused-ring (bicyclic) bond motifs is 12. The number of nitrogens with zero attached hydrogens (tertiary/aromatic N) is 3. The molecule has 344 valence electrons. The number of para-hydroxylation sites is 1. The summed E-state index contributed by atoms with van der Waals surface area (Å²) in [4.78, 5) is 8.41. The first-order valence-corrected chi connectivity index (χ1v) is 29.6. The lowest BCUT2D eigenvalue weighted by atomic mass is 9.33. The van der Waals surface area contributed by atoms with E-state index in [1.807, 2.05) is 0 Å². The van der Waals surface area contributed by atoms with Crippen molar-refractivity contribution in [1.82, 2.24) is 0 Å². The molecule has 1 fully saturated rings. The molecule has 0 spiro atoms. The third-order valence-corrected chi connectivity index (χ3v) is 21.2. The maximum Gasteiger partial charge on any atom is 0.252 e. The Labute approximate surface area is 416 Å². The van der Waals surface area contributed by atoms with Gasteiger partial charge in [0.15, 0.2) is 0 Å². The highest BCUT2D eigenvalue weighted by Gasteiger charge is 2.63. The van der Waals surface area contributed by atoms with Gasteiger partial charge in [0, 0.05) is 50.6 Å². The minimum atomic E-state index is -1.78. The molecular formula is C65H62BN3Si. The highest BCUT2D eigenvalue weighted by molar-refractivity contribution is 7.01. The third kappa shape index (κ3) is 5.42. The summed E-state index contributed by atoms with van der Waals surface area (Å²) in [7, 11) is -1.78. The highest BCUT2D eigenvalue weighted by Crippen LogP contribution is 2.66. The van der Waals surface area contributed by atoms with Crippen molar-refractivity contribution in [1.29, 1.82) is 0 Å². The van der Waals surface area contributed by atoms with Crippen molar-refractivity contribution in [2.24, 2.45) is 0 Å². The van der Waals surface area contributed by atoms with E-state index in [4.69, 9.17) is 0 Å². The van der Waals surface area contributed by atoms with Gasteiger partial charge in [-0.05, 0) is 137 Å². The van der Waals surface area contributed by atoms with Crippen molar-refractivity contribution in [2.45, 2.75) is 108 Å². The lowest BCUT2D eigenvalue weighted by molar-refractivity contribution is 0.195. The number of aryl methyl sites for hydroxylation is 1. The second kappa shape index (κ2) is 14.5. The van der Waals surface area contributed by atoms with Crippen LogP contribution in [0.1, 0.15) is 82.1 Å². The third-order valence-electron chi connectivity index (χ3n) is 19.2. The molecule has 8 aromatic rings. The van der Waals surface area contributed by atoms with Crippen LogP contribution in [-0.4, -0.2) is 20.3 Å². The zero-order valence-corrected chi connectivity index (χ0v) is 42.9. The molecule has 0 saturated heterocycles. The van der Waals surface area contributed by atoms with Crippen molar-refractivity contribution in [3.8, 4) is 22.3 Å². The van der Waals surface area contributed by atoms with Crippen molar-refractivity contribution in [2.75, 3.05) is 14.7 Å². The number of benzene rings is 8. The van der Waals surface area contributed by atoms with Crippen molar-refractivity contribution >= 4 is 76.2 Å². The molecule has 4 heterocycles. The Morgan fingerprint density at radius 3 is 1.83 bits per heavy atom. The second-order valence-electron chi connectivity index (χ2n) is 23.5. The van der Waals surface area contributed by atoms with Gasteiger partial charge in [-0.25, -0.2) is 0 Å². The van der Waals surface area contributed by atoms with Crippen LogP contribution in [0.2, 0.25) is 19.6 Å². The highest BCUT2D eigenvalue weighted by atomic mass is 28.3. The number of rotatable bonds is 5. The van der Waals surface area contributed by atoms with Gasteiger partial charge in [0.05, 0.1) is 19.2 Å². The molecule has 8 aromatic carbocycles. The van der Waals surface area contributed by atoms with Gasteiger partial charge in [-0.2, -0.15) is 0 Å². The van der Waals surface area contributed by atoms with Crippen LogP contribution >= 0.6 is 0 Å². The van der Waals surface area contributed by atoms with Gasteiger partial charge in [0.2, 0.25) is 0 Å². The van der Waals surface area contributed by atoms with Gasteiger partial charge in [0.25, 0.3) is 6.71 Å². The van der Waals surface area contributed by atoms with E-state index in [2.05, 4.69) is 238 Å².